The van der Waals surface area contributed by atoms with Crippen molar-refractivity contribution in [2.24, 2.45) is 0 Å². The molecule has 0 spiro atoms. The smallest absolute Gasteiger partial charge is 0.118 e. The first kappa shape index (κ1) is 9.18. The van der Waals surface area contributed by atoms with Crippen LogP contribution in [-0.4, -0.2) is 26.4 Å². The van der Waals surface area contributed by atoms with Crippen LogP contribution in [0.4, 0.5) is 0 Å². The SMILES string of the molecule is [CH2]CCN(C)[Si](C)(C)C. The molecule has 0 aliphatic rings. The van der Waals surface area contributed by atoms with Gasteiger partial charge in [-0.1, -0.05) is 26.6 Å². The van der Waals surface area contributed by atoms with Gasteiger partial charge < -0.3 is 4.57 Å². The van der Waals surface area contributed by atoms with E-state index in [4.69, 9.17) is 0 Å². The second-order valence-corrected chi connectivity index (χ2v) is 8.55. The second-order valence-electron chi connectivity index (χ2n) is 3.45. The molecular weight excluding hydrogens is 126 g/mol. The summed E-state index contributed by atoms with van der Waals surface area (Å²) in [6.07, 6.45) is 1.03. The molecule has 0 bridgehead atoms. The minimum absolute atomic E-state index is 0.988. The molecule has 55 valence electrons. The molecular formula is C7H18NSi. The molecule has 0 saturated carbocycles. The molecule has 0 unspecified atom stereocenters. The minimum atomic E-state index is -0.988. The standard InChI is InChI=1S/C7H18NSi/c1-6-7-8(2)9(3,4)5/h1,6-7H2,2-5H3. The summed E-state index contributed by atoms with van der Waals surface area (Å²) in [5, 5.41) is 0. The van der Waals surface area contributed by atoms with Crippen LogP contribution in [-0.2, 0) is 0 Å². The average Bonchev–Trinajstić information content (AvgIpc) is 1.64. The van der Waals surface area contributed by atoms with Crippen LogP contribution < -0.4 is 0 Å². The number of hydrogen-bond donors (Lipinski definition) is 0. The number of nitrogens with zero attached hydrogens (tertiary/aromatic N) is 1. The third-order valence-corrected chi connectivity index (χ3v) is 4.15. The van der Waals surface area contributed by atoms with Gasteiger partial charge in [0.25, 0.3) is 0 Å². The highest BCUT2D eigenvalue weighted by Crippen LogP contribution is 2.05. The molecule has 0 aliphatic heterocycles. The van der Waals surface area contributed by atoms with E-state index in [2.05, 4.69) is 38.2 Å². The molecule has 0 aromatic heterocycles. The van der Waals surface area contributed by atoms with E-state index in [9.17, 15) is 0 Å². The summed E-state index contributed by atoms with van der Waals surface area (Å²) >= 11 is 0. The normalized spacial score (nSPS) is 12.7. The lowest BCUT2D eigenvalue weighted by molar-refractivity contribution is 0.517. The van der Waals surface area contributed by atoms with Gasteiger partial charge in [-0.15, -0.1) is 0 Å². The first-order valence-corrected chi connectivity index (χ1v) is 6.93. The van der Waals surface area contributed by atoms with Gasteiger partial charge in [0.15, 0.2) is 0 Å². The van der Waals surface area contributed by atoms with E-state index in [-0.39, 0.29) is 0 Å². The van der Waals surface area contributed by atoms with Crippen LogP contribution in [0.15, 0.2) is 0 Å². The predicted molar refractivity (Wildman–Crippen MR) is 46.0 cm³/mol. The van der Waals surface area contributed by atoms with Crippen molar-refractivity contribution >= 4 is 8.24 Å². The molecule has 0 heterocycles. The molecule has 1 nitrogen and oxygen atoms in total. The van der Waals surface area contributed by atoms with Gasteiger partial charge in [0, 0.05) is 0 Å². The highest BCUT2D eigenvalue weighted by Gasteiger charge is 2.17. The summed E-state index contributed by atoms with van der Waals surface area (Å²) in [6, 6.07) is 0. The van der Waals surface area contributed by atoms with Gasteiger partial charge in [0.1, 0.15) is 8.24 Å². The van der Waals surface area contributed by atoms with Crippen molar-refractivity contribution in [3.8, 4) is 0 Å². The Morgan fingerprint density at radius 1 is 1.33 bits per heavy atom. The van der Waals surface area contributed by atoms with Crippen LogP contribution in [0.3, 0.4) is 0 Å². The molecule has 0 aromatic carbocycles. The maximum Gasteiger partial charge on any atom is 0.118 e. The summed E-state index contributed by atoms with van der Waals surface area (Å²) in [5.41, 5.74) is 0. The quantitative estimate of drug-likeness (QED) is 0.547. The van der Waals surface area contributed by atoms with E-state index in [0.29, 0.717) is 0 Å². The van der Waals surface area contributed by atoms with Crippen LogP contribution in [0.5, 0.6) is 0 Å². The summed E-state index contributed by atoms with van der Waals surface area (Å²) in [6.45, 7) is 12.0. The van der Waals surface area contributed by atoms with Crippen molar-refractivity contribution in [3.05, 3.63) is 6.92 Å². The summed E-state index contributed by atoms with van der Waals surface area (Å²) < 4.78 is 2.44. The second kappa shape index (κ2) is 3.37. The van der Waals surface area contributed by atoms with Gasteiger partial charge in [0.05, 0.1) is 0 Å². The molecule has 0 atom stereocenters. The summed E-state index contributed by atoms with van der Waals surface area (Å²) in [7, 11) is 1.20. The molecule has 0 fully saturated rings. The Morgan fingerprint density at radius 2 is 1.78 bits per heavy atom. The zero-order valence-corrected chi connectivity index (χ0v) is 8.07. The van der Waals surface area contributed by atoms with Gasteiger partial charge in [-0.05, 0) is 20.0 Å². The van der Waals surface area contributed by atoms with Crippen LogP contribution >= 0.6 is 0 Å². The Morgan fingerprint density at radius 3 is 1.89 bits per heavy atom. The molecule has 0 N–H and O–H groups in total. The first-order valence-electron chi connectivity index (χ1n) is 3.49. The topological polar surface area (TPSA) is 3.24 Å². The van der Waals surface area contributed by atoms with Gasteiger partial charge >= 0.3 is 0 Å². The lowest BCUT2D eigenvalue weighted by atomic mass is 10.5. The molecule has 0 rings (SSSR count). The molecule has 9 heavy (non-hydrogen) atoms. The summed E-state index contributed by atoms with van der Waals surface area (Å²) in [4.78, 5) is 0. The van der Waals surface area contributed by atoms with Crippen molar-refractivity contribution in [1.82, 2.24) is 4.57 Å². The lowest BCUT2D eigenvalue weighted by Crippen LogP contribution is -2.43. The maximum atomic E-state index is 3.82. The third-order valence-electron chi connectivity index (χ3n) is 1.64. The largest absolute Gasteiger partial charge is 0.327 e. The Bertz CT molecular complexity index is 75.5. The molecule has 2 heteroatoms. The van der Waals surface area contributed by atoms with Crippen molar-refractivity contribution in [1.29, 1.82) is 0 Å². The Hall–Kier alpha value is 0.177. The van der Waals surface area contributed by atoms with E-state index in [1.807, 2.05) is 0 Å². The molecule has 0 aliphatic carbocycles. The van der Waals surface area contributed by atoms with Gasteiger partial charge in [-0.25, -0.2) is 0 Å². The molecule has 0 aromatic rings. The highest BCUT2D eigenvalue weighted by molar-refractivity contribution is 6.73. The Kier molecular flexibility index (Phi) is 3.44. The number of rotatable bonds is 3. The van der Waals surface area contributed by atoms with Crippen LogP contribution in [0, 0.1) is 6.92 Å². The van der Waals surface area contributed by atoms with Crippen LogP contribution in [0.1, 0.15) is 6.42 Å². The zero-order valence-electron chi connectivity index (χ0n) is 7.07. The van der Waals surface area contributed by atoms with Gasteiger partial charge in [-0.3, -0.25) is 0 Å². The van der Waals surface area contributed by atoms with Gasteiger partial charge in [-0.2, -0.15) is 0 Å². The molecule has 0 amide bonds. The fourth-order valence-corrected chi connectivity index (χ4v) is 1.40. The predicted octanol–water partition coefficient (Wildman–Crippen LogP) is 1.98. The fourth-order valence-electron chi connectivity index (χ4n) is 0.573. The Balaban J connectivity index is 3.59. The molecule has 0 saturated heterocycles. The van der Waals surface area contributed by atoms with Crippen molar-refractivity contribution in [2.75, 3.05) is 13.6 Å². The van der Waals surface area contributed by atoms with E-state index in [1.54, 1.807) is 0 Å². The minimum Gasteiger partial charge on any atom is -0.327 e. The van der Waals surface area contributed by atoms with Crippen LogP contribution in [0.2, 0.25) is 19.6 Å². The van der Waals surface area contributed by atoms with Gasteiger partial charge in [0.2, 0.25) is 0 Å². The monoisotopic (exact) mass is 144 g/mol. The lowest BCUT2D eigenvalue weighted by Gasteiger charge is -2.29. The maximum absolute atomic E-state index is 3.82. The van der Waals surface area contributed by atoms with Crippen molar-refractivity contribution in [2.45, 2.75) is 26.1 Å². The van der Waals surface area contributed by atoms with E-state index < -0.39 is 8.24 Å². The zero-order chi connectivity index (χ0) is 7.49. The van der Waals surface area contributed by atoms with Crippen molar-refractivity contribution < 1.29 is 0 Å². The molecule has 1 radical (unpaired) electrons. The fraction of sp³-hybridized carbons (Fsp3) is 0.857. The third kappa shape index (κ3) is 3.70. The highest BCUT2D eigenvalue weighted by atomic mass is 28.3. The average molecular weight is 144 g/mol. The van der Waals surface area contributed by atoms with E-state index >= 15 is 0 Å². The van der Waals surface area contributed by atoms with E-state index in [0.717, 1.165) is 13.0 Å². The van der Waals surface area contributed by atoms with Crippen LogP contribution in [0.25, 0.3) is 0 Å². The Labute approximate surface area is 60.1 Å². The number of hydrogen-bond acceptors (Lipinski definition) is 1. The van der Waals surface area contributed by atoms with E-state index in [1.165, 1.54) is 0 Å². The van der Waals surface area contributed by atoms with Crippen molar-refractivity contribution in [3.63, 3.8) is 0 Å². The summed E-state index contributed by atoms with van der Waals surface area (Å²) in [5.74, 6) is 0. The first-order chi connectivity index (χ1) is 3.98.